The van der Waals surface area contributed by atoms with E-state index in [9.17, 15) is 9.90 Å². The highest BCUT2D eigenvalue weighted by Gasteiger charge is 2.19. The van der Waals surface area contributed by atoms with Gasteiger partial charge in [0, 0.05) is 13.1 Å². The van der Waals surface area contributed by atoms with Crippen LogP contribution in [0.2, 0.25) is 5.02 Å². The van der Waals surface area contributed by atoms with Gasteiger partial charge in [-0.1, -0.05) is 17.7 Å². The Labute approximate surface area is 156 Å². The zero-order chi connectivity index (χ0) is 18.5. The average molecular weight is 378 g/mol. The second kappa shape index (κ2) is 8.23. The number of aromatic nitrogens is 2. The molecule has 1 aromatic heterocycles. The lowest BCUT2D eigenvalue weighted by Gasteiger charge is -2.26. The summed E-state index contributed by atoms with van der Waals surface area (Å²) in [6, 6.07) is 5.25. The number of halogens is 1. The number of benzene rings is 1. The van der Waals surface area contributed by atoms with E-state index in [1.54, 1.807) is 25.3 Å². The standard InChI is InChI=1S/C18H20ClN3O4/c1-25-15-6-5-12(9-14(15)19)11-26-16-13(17(23)24)10-20-18(21-16)22-7-3-2-4-8-22/h5-6,9-10H,2-4,7-8,11H2,1H3,(H,23,24). The van der Waals surface area contributed by atoms with Gasteiger partial charge in [-0.3, -0.25) is 0 Å². The second-order valence-corrected chi connectivity index (χ2v) is 6.41. The van der Waals surface area contributed by atoms with E-state index in [0.717, 1.165) is 31.5 Å². The lowest BCUT2D eigenvalue weighted by atomic mass is 10.1. The number of ether oxygens (including phenoxy) is 2. The molecule has 3 rings (SSSR count). The molecule has 8 heteroatoms. The van der Waals surface area contributed by atoms with Gasteiger partial charge >= 0.3 is 5.97 Å². The van der Waals surface area contributed by atoms with E-state index in [-0.39, 0.29) is 18.1 Å². The molecular formula is C18H20ClN3O4. The molecule has 1 fully saturated rings. The van der Waals surface area contributed by atoms with E-state index in [0.29, 0.717) is 16.7 Å². The van der Waals surface area contributed by atoms with Crippen molar-refractivity contribution in [2.24, 2.45) is 0 Å². The van der Waals surface area contributed by atoms with Gasteiger partial charge in [0.25, 0.3) is 0 Å². The van der Waals surface area contributed by atoms with Crippen LogP contribution in [0, 0.1) is 0 Å². The van der Waals surface area contributed by atoms with Crippen LogP contribution in [0.1, 0.15) is 35.2 Å². The fourth-order valence-electron chi connectivity index (χ4n) is 2.81. The molecular weight excluding hydrogens is 358 g/mol. The molecule has 0 atom stereocenters. The number of carboxylic acids is 1. The zero-order valence-corrected chi connectivity index (χ0v) is 15.2. The molecule has 138 valence electrons. The zero-order valence-electron chi connectivity index (χ0n) is 14.4. The molecule has 0 bridgehead atoms. The Morgan fingerprint density at radius 3 is 2.73 bits per heavy atom. The number of rotatable bonds is 6. The average Bonchev–Trinajstić information content (AvgIpc) is 2.67. The van der Waals surface area contributed by atoms with Crippen molar-refractivity contribution in [3.05, 3.63) is 40.5 Å². The van der Waals surface area contributed by atoms with Crippen LogP contribution in [0.3, 0.4) is 0 Å². The van der Waals surface area contributed by atoms with Crippen molar-refractivity contribution in [1.82, 2.24) is 9.97 Å². The smallest absolute Gasteiger partial charge is 0.342 e. The number of aromatic carboxylic acids is 1. The first-order valence-corrected chi connectivity index (χ1v) is 8.77. The van der Waals surface area contributed by atoms with E-state index >= 15 is 0 Å². The van der Waals surface area contributed by atoms with Gasteiger partial charge < -0.3 is 19.5 Å². The summed E-state index contributed by atoms with van der Waals surface area (Å²) >= 11 is 6.11. The molecule has 1 N–H and O–H groups in total. The molecule has 1 aliphatic rings. The minimum Gasteiger partial charge on any atom is -0.495 e. The number of hydrogen-bond donors (Lipinski definition) is 1. The number of piperidine rings is 1. The molecule has 1 aliphatic heterocycles. The molecule has 0 radical (unpaired) electrons. The van der Waals surface area contributed by atoms with E-state index in [4.69, 9.17) is 21.1 Å². The summed E-state index contributed by atoms with van der Waals surface area (Å²) in [6.07, 6.45) is 4.63. The monoisotopic (exact) mass is 377 g/mol. The van der Waals surface area contributed by atoms with Crippen molar-refractivity contribution < 1.29 is 19.4 Å². The molecule has 7 nitrogen and oxygen atoms in total. The normalized spacial score (nSPS) is 14.2. The predicted molar refractivity (Wildman–Crippen MR) is 97.4 cm³/mol. The second-order valence-electron chi connectivity index (χ2n) is 6.00. The van der Waals surface area contributed by atoms with E-state index in [1.165, 1.54) is 12.6 Å². The Kier molecular flexibility index (Phi) is 5.78. The molecule has 26 heavy (non-hydrogen) atoms. The van der Waals surface area contributed by atoms with Crippen LogP contribution in [-0.2, 0) is 6.61 Å². The van der Waals surface area contributed by atoms with Crippen molar-refractivity contribution in [1.29, 1.82) is 0 Å². The maximum absolute atomic E-state index is 11.4. The Morgan fingerprint density at radius 1 is 1.31 bits per heavy atom. The number of carbonyl (C=O) groups is 1. The summed E-state index contributed by atoms with van der Waals surface area (Å²) < 4.78 is 10.8. The summed E-state index contributed by atoms with van der Waals surface area (Å²) in [5, 5.41) is 9.83. The van der Waals surface area contributed by atoms with Gasteiger partial charge in [-0.05, 0) is 37.0 Å². The molecule has 0 amide bonds. The van der Waals surface area contributed by atoms with Gasteiger partial charge in [-0.25, -0.2) is 9.78 Å². The van der Waals surface area contributed by atoms with Crippen LogP contribution in [0.5, 0.6) is 11.6 Å². The lowest BCUT2D eigenvalue weighted by molar-refractivity contribution is 0.0690. The van der Waals surface area contributed by atoms with E-state index in [2.05, 4.69) is 9.97 Å². The Hall–Kier alpha value is -2.54. The highest BCUT2D eigenvalue weighted by molar-refractivity contribution is 6.32. The largest absolute Gasteiger partial charge is 0.495 e. The van der Waals surface area contributed by atoms with Crippen LogP contribution in [-0.4, -0.2) is 41.2 Å². The molecule has 2 aromatic rings. The van der Waals surface area contributed by atoms with Crippen LogP contribution in [0.4, 0.5) is 5.95 Å². The summed E-state index contributed by atoms with van der Waals surface area (Å²) in [5.41, 5.74) is 0.718. The fraction of sp³-hybridized carbons (Fsp3) is 0.389. The van der Waals surface area contributed by atoms with Crippen molar-refractivity contribution in [3.63, 3.8) is 0 Å². The van der Waals surface area contributed by atoms with Gasteiger partial charge in [0.2, 0.25) is 11.8 Å². The number of hydrogen-bond acceptors (Lipinski definition) is 6. The molecule has 0 spiro atoms. The summed E-state index contributed by atoms with van der Waals surface area (Å²) in [6.45, 7) is 1.86. The molecule has 0 saturated carbocycles. The third-order valence-corrected chi connectivity index (χ3v) is 4.50. The highest BCUT2D eigenvalue weighted by atomic mass is 35.5. The van der Waals surface area contributed by atoms with Gasteiger partial charge in [0.1, 0.15) is 17.9 Å². The Bertz CT molecular complexity index is 794. The van der Waals surface area contributed by atoms with E-state index < -0.39 is 5.97 Å². The molecule has 0 unspecified atom stereocenters. The highest BCUT2D eigenvalue weighted by Crippen LogP contribution is 2.26. The third-order valence-electron chi connectivity index (χ3n) is 4.20. The summed E-state index contributed by atoms with van der Waals surface area (Å²) in [4.78, 5) is 22.0. The first-order valence-electron chi connectivity index (χ1n) is 8.39. The van der Waals surface area contributed by atoms with Crippen molar-refractivity contribution in [2.75, 3.05) is 25.1 Å². The Balaban J connectivity index is 1.80. The predicted octanol–water partition coefficient (Wildman–Crippen LogP) is 3.41. The van der Waals surface area contributed by atoms with E-state index in [1.807, 2.05) is 4.90 Å². The molecule has 1 saturated heterocycles. The van der Waals surface area contributed by atoms with Gasteiger partial charge in [-0.2, -0.15) is 4.98 Å². The maximum atomic E-state index is 11.4. The first-order chi connectivity index (χ1) is 12.6. The van der Waals surface area contributed by atoms with Crippen LogP contribution < -0.4 is 14.4 Å². The number of anilines is 1. The molecule has 1 aromatic carbocycles. The quantitative estimate of drug-likeness (QED) is 0.825. The van der Waals surface area contributed by atoms with Crippen LogP contribution in [0.25, 0.3) is 0 Å². The van der Waals surface area contributed by atoms with Gasteiger partial charge in [0.15, 0.2) is 0 Å². The number of carboxylic acid groups (broad SMARTS) is 1. The first kappa shape index (κ1) is 18.3. The van der Waals surface area contributed by atoms with Crippen LogP contribution >= 0.6 is 11.6 Å². The van der Waals surface area contributed by atoms with Crippen LogP contribution in [0.15, 0.2) is 24.4 Å². The minimum atomic E-state index is -1.13. The summed E-state index contributed by atoms with van der Waals surface area (Å²) in [5.74, 6) is -0.00787. The van der Waals surface area contributed by atoms with Gasteiger partial charge in [0.05, 0.1) is 18.3 Å². The van der Waals surface area contributed by atoms with Gasteiger partial charge in [-0.15, -0.1) is 0 Å². The lowest BCUT2D eigenvalue weighted by Crippen LogP contribution is -2.31. The minimum absolute atomic E-state index is 0.0556. The van der Waals surface area contributed by atoms with Crippen molar-refractivity contribution in [3.8, 4) is 11.6 Å². The number of methoxy groups -OCH3 is 1. The third kappa shape index (κ3) is 4.16. The molecule has 2 heterocycles. The van der Waals surface area contributed by atoms with Crippen molar-refractivity contribution in [2.45, 2.75) is 25.9 Å². The molecule has 0 aliphatic carbocycles. The SMILES string of the molecule is COc1ccc(COc2nc(N3CCCCC3)ncc2C(=O)O)cc1Cl. The van der Waals surface area contributed by atoms with Crippen molar-refractivity contribution >= 4 is 23.5 Å². The summed E-state index contributed by atoms with van der Waals surface area (Å²) in [7, 11) is 1.54. The fourth-order valence-corrected chi connectivity index (χ4v) is 3.09. The Morgan fingerprint density at radius 2 is 2.08 bits per heavy atom. The number of nitrogens with zero attached hydrogens (tertiary/aromatic N) is 3. The topological polar surface area (TPSA) is 84.8 Å². The maximum Gasteiger partial charge on any atom is 0.342 e.